The summed E-state index contributed by atoms with van der Waals surface area (Å²) in [5, 5.41) is 38.4. The van der Waals surface area contributed by atoms with Gasteiger partial charge in [0.05, 0.1) is 25.0 Å². The number of rotatable bonds is 10. The standard InChI is InChI=1S/C31H60N8O4/c1-31(2,3)21-10-12-22(13-11-21)37-30(42)33-14-7-15-38(16-20-8-5-4-6-9-20)17-23-25(40)26(41)29(43-23)39-19-36-24-27(32)34-18-35-28(24)39/h20-29,34-36,40-41H,4-19,32H2,1-3H3,(H2,33,37,42)/t21?,22?,23-,24?,25-,26-,27?,28?,29-/m1/s1. The summed E-state index contributed by atoms with van der Waals surface area (Å²) in [6, 6.07) is 0.188. The number of fused-ring (bicyclic) bond motifs is 1. The van der Waals surface area contributed by atoms with Gasteiger partial charge in [0.1, 0.15) is 24.5 Å². The molecule has 3 aliphatic heterocycles. The normalized spacial score (nSPS) is 37.9. The maximum absolute atomic E-state index is 12.6. The van der Waals surface area contributed by atoms with Crippen LogP contribution in [0, 0.1) is 17.3 Å². The molecule has 0 aromatic heterocycles. The second-order valence-corrected chi connectivity index (χ2v) is 14.9. The van der Waals surface area contributed by atoms with Crippen molar-refractivity contribution < 1.29 is 19.7 Å². The zero-order valence-corrected chi connectivity index (χ0v) is 26.8. The molecule has 5 aliphatic rings. The van der Waals surface area contributed by atoms with Crippen molar-refractivity contribution in [2.75, 3.05) is 39.5 Å². The zero-order valence-electron chi connectivity index (χ0n) is 26.8. The van der Waals surface area contributed by atoms with Gasteiger partial charge in [-0.2, -0.15) is 0 Å². The molecule has 7 atom stereocenters. The number of nitrogens with zero attached hydrogens (tertiary/aromatic N) is 2. The number of carbonyl (C=O) groups is 1. The van der Waals surface area contributed by atoms with Gasteiger partial charge >= 0.3 is 6.03 Å². The van der Waals surface area contributed by atoms with Crippen molar-refractivity contribution in [3.8, 4) is 0 Å². The van der Waals surface area contributed by atoms with Gasteiger partial charge in [0.15, 0.2) is 0 Å². The van der Waals surface area contributed by atoms with Crippen molar-refractivity contribution in [2.45, 2.75) is 134 Å². The van der Waals surface area contributed by atoms with Gasteiger partial charge in [0.2, 0.25) is 0 Å². The summed E-state index contributed by atoms with van der Waals surface area (Å²) in [6.45, 7) is 11.0. The summed E-state index contributed by atoms with van der Waals surface area (Å²) in [7, 11) is 0. The molecule has 2 aliphatic carbocycles. The molecule has 0 spiro atoms. The summed E-state index contributed by atoms with van der Waals surface area (Å²) in [4.78, 5) is 17.1. The molecular formula is C31H60N8O4. The van der Waals surface area contributed by atoms with E-state index in [2.05, 4.69) is 52.3 Å². The van der Waals surface area contributed by atoms with Crippen LogP contribution in [0.4, 0.5) is 4.79 Å². The molecule has 0 bridgehead atoms. The van der Waals surface area contributed by atoms with E-state index in [0.29, 0.717) is 37.8 Å². The van der Waals surface area contributed by atoms with Gasteiger partial charge in [-0.3, -0.25) is 16.0 Å². The van der Waals surface area contributed by atoms with Crippen LogP contribution in [0.1, 0.15) is 85.0 Å². The first-order valence-corrected chi connectivity index (χ1v) is 17.1. The lowest BCUT2D eigenvalue weighted by molar-refractivity contribution is -0.107. The average molecular weight is 609 g/mol. The molecule has 2 amide bonds. The lowest BCUT2D eigenvalue weighted by Gasteiger charge is -2.38. The molecule has 9 N–H and O–H groups in total. The third-order valence-electron chi connectivity index (χ3n) is 10.8. The van der Waals surface area contributed by atoms with Crippen LogP contribution in [-0.4, -0.2) is 115 Å². The van der Waals surface area contributed by atoms with Crippen molar-refractivity contribution in [1.29, 1.82) is 0 Å². The molecule has 3 heterocycles. The molecule has 43 heavy (non-hydrogen) atoms. The van der Waals surface area contributed by atoms with E-state index in [9.17, 15) is 15.0 Å². The second-order valence-electron chi connectivity index (χ2n) is 14.9. The van der Waals surface area contributed by atoms with Gasteiger partial charge in [-0.1, -0.05) is 40.0 Å². The fraction of sp³-hybridized carbons (Fsp3) is 0.968. The molecule has 3 unspecified atom stereocenters. The van der Waals surface area contributed by atoms with Crippen LogP contribution in [-0.2, 0) is 4.74 Å². The lowest BCUT2D eigenvalue weighted by atomic mass is 9.71. The Morgan fingerprint density at radius 1 is 1.00 bits per heavy atom. The van der Waals surface area contributed by atoms with Crippen LogP contribution < -0.4 is 32.3 Å². The topological polar surface area (TPSA) is 159 Å². The van der Waals surface area contributed by atoms with E-state index in [-0.39, 0.29) is 30.4 Å². The van der Waals surface area contributed by atoms with Gasteiger partial charge in [-0.25, -0.2) is 9.69 Å². The number of hydrogen-bond donors (Lipinski definition) is 8. The molecule has 0 radical (unpaired) electrons. The second kappa shape index (κ2) is 15.0. The first-order chi connectivity index (χ1) is 20.6. The SMILES string of the molecule is CC(C)(C)C1CCC(NC(=O)NCCCN(CC2CCCCC2)C[C@H]2O[C@@H](N3CNC4C(N)NCNC43)[C@H](O)[C@@H]2O)CC1. The molecule has 5 rings (SSSR count). The lowest BCUT2D eigenvalue weighted by Crippen LogP contribution is -2.68. The molecule has 12 heteroatoms. The van der Waals surface area contributed by atoms with Crippen LogP contribution in [0.25, 0.3) is 0 Å². The highest BCUT2D eigenvalue weighted by atomic mass is 16.6. The minimum Gasteiger partial charge on any atom is -0.387 e. The molecule has 2 saturated carbocycles. The molecule has 0 aromatic rings. The quantitative estimate of drug-likeness (QED) is 0.165. The van der Waals surface area contributed by atoms with Gasteiger partial charge in [0.25, 0.3) is 0 Å². The molecule has 0 aromatic carbocycles. The van der Waals surface area contributed by atoms with Gasteiger partial charge in [-0.15, -0.1) is 0 Å². The maximum Gasteiger partial charge on any atom is 0.315 e. The predicted octanol–water partition coefficient (Wildman–Crippen LogP) is 0.602. The number of nitrogens with two attached hydrogens (primary N) is 1. The molecule has 248 valence electrons. The average Bonchev–Trinajstić information content (AvgIpc) is 3.53. The Balaban J connectivity index is 1.09. The third kappa shape index (κ3) is 8.59. The third-order valence-corrected chi connectivity index (χ3v) is 10.8. The predicted molar refractivity (Wildman–Crippen MR) is 167 cm³/mol. The van der Waals surface area contributed by atoms with Crippen LogP contribution >= 0.6 is 0 Å². The largest absolute Gasteiger partial charge is 0.387 e. The number of amides is 2. The zero-order chi connectivity index (χ0) is 30.6. The van der Waals surface area contributed by atoms with Crippen molar-refractivity contribution in [1.82, 2.24) is 36.4 Å². The van der Waals surface area contributed by atoms with E-state index < -0.39 is 24.5 Å². The fourth-order valence-corrected chi connectivity index (χ4v) is 8.10. The van der Waals surface area contributed by atoms with E-state index in [1.54, 1.807) is 0 Å². The van der Waals surface area contributed by atoms with Crippen molar-refractivity contribution in [2.24, 2.45) is 23.0 Å². The highest BCUT2D eigenvalue weighted by molar-refractivity contribution is 5.74. The summed E-state index contributed by atoms with van der Waals surface area (Å²) < 4.78 is 6.39. The van der Waals surface area contributed by atoms with Crippen molar-refractivity contribution >= 4 is 6.03 Å². The minimum absolute atomic E-state index is 0.00763. The summed E-state index contributed by atoms with van der Waals surface area (Å²) in [5.74, 6) is 1.36. The summed E-state index contributed by atoms with van der Waals surface area (Å²) >= 11 is 0. The maximum atomic E-state index is 12.6. The number of carbonyl (C=O) groups excluding carboxylic acids is 1. The van der Waals surface area contributed by atoms with Crippen molar-refractivity contribution in [3.63, 3.8) is 0 Å². The van der Waals surface area contributed by atoms with Gasteiger partial charge in [0, 0.05) is 32.3 Å². The number of urea groups is 1. The van der Waals surface area contributed by atoms with Gasteiger partial charge in [-0.05, 0) is 68.7 Å². The summed E-state index contributed by atoms with van der Waals surface area (Å²) in [5.41, 5.74) is 6.57. The highest BCUT2D eigenvalue weighted by Crippen LogP contribution is 2.37. The first-order valence-electron chi connectivity index (χ1n) is 17.1. The van der Waals surface area contributed by atoms with Crippen LogP contribution in [0.3, 0.4) is 0 Å². The molecule has 12 nitrogen and oxygen atoms in total. The Bertz CT molecular complexity index is 878. The van der Waals surface area contributed by atoms with Crippen LogP contribution in [0.15, 0.2) is 0 Å². The molecule has 3 saturated heterocycles. The van der Waals surface area contributed by atoms with E-state index in [1.807, 2.05) is 4.90 Å². The van der Waals surface area contributed by atoms with E-state index in [0.717, 1.165) is 38.3 Å². The van der Waals surface area contributed by atoms with E-state index >= 15 is 0 Å². The number of aliphatic hydroxyl groups is 2. The van der Waals surface area contributed by atoms with Crippen molar-refractivity contribution in [3.05, 3.63) is 0 Å². The number of ether oxygens (including phenoxy) is 1. The number of nitrogens with one attached hydrogen (secondary N) is 5. The smallest absolute Gasteiger partial charge is 0.315 e. The van der Waals surface area contributed by atoms with E-state index in [4.69, 9.17) is 10.5 Å². The Hall–Kier alpha value is -1.09. The number of aliphatic hydroxyl groups excluding tert-OH is 2. The van der Waals surface area contributed by atoms with Gasteiger partial charge < -0.3 is 36.2 Å². The fourth-order valence-electron chi connectivity index (χ4n) is 8.10. The highest BCUT2D eigenvalue weighted by Gasteiger charge is 2.51. The molecule has 5 fully saturated rings. The monoisotopic (exact) mass is 608 g/mol. The van der Waals surface area contributed by atoms with Crippen LogP contribution in [0.5, 0.6) is 0 Å². The Morgan fingerprint density at radius 3 is 2.47 bits per heavy atom. The Kier molecular flexibility index (Phi) is 11.6. The number of hydrogen-bond acceptors (Lipinski definition) is 10. The molecular weight excluding hydrogens is 548 g/mol. The van der Waals surface area contributed by atoms with Crippen LogP contribution in [0.2, 0.25) is 0 Å². The Labute approximate surface area is 258 Å². The van der Waals surface area contributed by atoms with E-state index in [1.165, 1.54) is 44.9 Å². The Morgan fingerprint density at radius 2 is 1.74 bits per heavy atom. The minimum atomic E-state index is -1.00. The first kappa shape index (κ1) is 33.3. The summed E-state index contributed by atoms with van der Waals surface area (Å²) in [6.07, 6.45) is 8.25.